The maximum Gasteiger partial charge on any atom is 0.371 e. The Labute approximate surface area is 239 Å². The summed E-state index contributed by atoms with van der Waals surface area (Å²) in [5.41, 5.74) is 2.68. The normalized spacial score (nSPS) is 10.7. The minimum atomic E-state index is -1.29. The molecule has 41 heavy (non-hydrogen) atoms. The molecule has 212 valence electrons. The van der Waals surface area contributed by atoms with Crippen LogP contribution in [-0.2, 0) is 28.6 Å². The smallest absolute Gasteiger partial charge is 0.371 e. The molecule has 1 aromatic rings. The number of rotatable bonds is 16. The molecule has 0 bridgehead atoms. The number of carbonyl (C=O) groups is 3. The van der Waals surface area contributed by atoms with Crippen LogP contribution in [0, 0.1) is 0 Å². The molecule has 0 spiro atoms. The van der Waals surface area contributed by atoms with Crippen molar-refractivity contribution in [2.24, 2.45) is 0 Å². The van der Waals surface area contributed by atoms with E-state index in [0.717, 1.165) is 11.6 Å². The zero-order chi connectivity index (χ0) is 31.1. The third-order valence-electron chi connectivity index (χ3n) is 4.81. The number of halogens is 1. The van der Waals surface area contributed by atoms with E-state index in [0.29, 0.717) is 22.5 Å². The maximum atomic E-state index is 12.6. The summed E-state index contributed by atoms with van der Waals surface area (Å²) < 4.78 is 32.3. The first kappa shape index (κ1) is 33.7. The van der Waals surface area contributed by atoms with Crippen molar-refractivity contribution in [3.8, 4) is 5.75 Å². The van der Waals surface area contributed by atoms with Crippen molar-refractivity contribution in [2.75, 3.05) is 13.7 Å². The van der Waals surface area contributed by atoms with E-state index < -0.39 is 23.7 Å². The Morgan fingerprint density at radius 1 is 0.683 bits per heavy atom. The molecule has 0 unspecified atom stereocenters. The number of hydrogen-bond donors (Lipinski definition) is 0. The van der Waals surface area contributed by atoms with E-state index >= 15 is 0 Å². The van der Waals surface area contributed by atoms with Crippen LogP contribution in [0.1, 0.15) is 5.56 Å². The molecule has 0 aliphatic rings. The molecule has 1 rings (SSSR count). The number of hydrogen-bond acceptors (Lipinski definition) is 7. The van der Waals surface area contributed by atoms with E-state index in [1.807, 2.05) is 0 Å². The summed E-state index contributed by atoms with van der Waals surface area (Å²) in [5, 5.41) is 0. The molecule has 0 amide bonds. The van der Waals surface area contributed by atoms with Crippen LogP contribution in [0.2, 0.25) is 0 Å². The summed E-state index contributed by atoms with van der Waals surface area (Å²) in [7, 11) is 1.46. The van der Waals surface area contributed by atoms with Crippen molar-refractivity contribution >= 4 is 23.5 Å². The van der Waals surface area contributed by atoms with E-state index in [4.69, 9.17) is 14.2 Å². The van der Waals surface area contributed by atoms with Crippen molar-refractivity contribution in [3.63, 3.8) is 0 Å². The van der Waals surface area contributed by atoms with Crippen molar-refractivity contribution < 1.29 is 37.7 Å². The monoisotopic (exact) mass is 558 g/mol. The Morgan fingerprint density at radius 2 is 1.17 bits per heavy atom. The van der Waals surface area contributed by atoms with Crippen LogP contribution in [0.5, 0.6) is 5.75 Å². The average molecular weight is 559 g/mol. The van der Waals surface area contributed by atoms with Crippen LogP contribution in [-0.4, -0.2) is 31.6 Å². The van der Waals surface area contributed by atoms with Gasteiger partial charge in [0.05, 0.1) is 17.8 Å². The highest BCUT2D eigenvalue weighted by atomic mass is 19.1. The largest absolute Gasteiger partial charge is 0.424 e. The number of allylic oxidation sites excluding steroid dienone is 8. The minimum Gasteiger partial charge on any atom is -0.424 e. The lowest BCUT2D eigenvalue weighted by atomic mass is 10.0. The molecule has 0 radical (unpaired) electrons. The van der Waals surface area contributed by atoms with Gasteiger partial charge in [-0.3, -0.25) is 0 Å². The van der Waals surface area contributed by atoms with Gasteiger partial charge in [0.15, 0.2) is 0 Å². The average Bonchev–Trinajstić information content (AvgIpc) is 2.93. The van der Waals surface area contributed by atoms with E-state index in [9.17, 15) is 18.8 Å². The minimum absolute atomic E-state index is 0.00698. The Hall–Kier alpha value is -5.34. The van der Waals surface area contributed by atoms with E-state index in [1.54, 1.807) is 36.4 Å². The second-order valence-corrected chi connectivity index (χ2v) is 8.17. The highest BCUT2D eigenvalue weighted by Crippen LogP contribution is 2.21. The van der Waals surface area contributed by atoms with E-state index in [1.165, 1.54) is 25.3 Å². The Balaban J connectivity index is 2.62. The van der Waals surface area contributed by atoms with Gasteiger partial charge in [-0.15, -0.1) is 0 Å². The molecule has 1 aromatic carbocycles. The lowest BCUT2D eigenvalue weighted by Crippen LogP contribution is -2.13. The lowest BCUT2D eigenvalue weighted by molar-refractivity contribution is -0.136. The second-order valence-electron chi connectivity index (χ2n) is 8.17. The summed E-state index contributed by atoms with van der Waals surface area (Å²) in [6.45, 7) is 28.9. The molecule has 0 aliphatic carbocycles. The highest BCUT2D eigenvalue weighted by molar-refractivity contribution is 5.92. The molecular formula is C33H31FO7. The molecule has 7 nitrogen and oxygen atoms in total. The van der Waals surface area contributed by atoms with E-state index in [-0.39, 0.29) is 29.3 Å². The van der Waals surface area contributed by atoms with Gasteiger partial charge in [0.2, 0.25) is 5.83 Å². The highest BCUT2D eigenvalue weighted by Gasteiger charge is 2.11. The van der Waals surface area contributed by atoms with Crippen LogP contribution in [0.25, 0.3) is 5.57 Å². The zero-order valence-corrected chi connectivity index (χ0v) is 22.9. The van der Waals surface area contributed by atoms with Crippen LogP contribution in [0.3, 0.4) is 0 Å². The fraction of sp³-hybridized carbons (Fsp3) is 0.0606. The fourth-order valence-corrected chi connectivity index (χ4v) is 2.54. The van der Waals surface area contributed by atoms with Crippen LogP contribution >= 0.6 is 0 Å². The summed E-state index contributed by atoms with van der Waals surface area (Å²) >= 11 is 0. The van der Waals surface area contributed by atoms with Crippen molar-refractivity contribution in [2.45, 2.75) is 0 Å². The summed E-state index contributed by atoms with van der Waals surface area (Å²) in [4.78, 5) is 35.2. The third-order valence-corrected chi connectivity index (χ3v) is 4.81. The van der Waals surface area contributed by atoms with Gasteiger partial charge >= 0.3 is 17.9 Å². The quantitative estimate of drug-likeness (QED) is 0.0730. The van der Waals surface area contributed by atoms with Crippen LogP contribution < -0.4 is 4.74 Å². The number of esters is 3. The molecular weight excluding hydrogens is 527 g/mol. The molecule has 0 aliphatic heterocycles. The van der Waals surface area contributed by atoms with Crippen molar-refractivity contribution in [1.82, 2.24) is 0 Å². The molecule has 0 atom stereocenters. The molecule has 0 aromatic heterocycles. The fourth-order valence-electron chi connectivity index (χ4n) is 2.54. The SMILES string of the molecule is C=C(/C=C\C(=C)OC(=O)C(=C)/C=C\C(=C)C(=C)/C=C\C(=C)c1ccc(OC(=O)C(=C)COC)cc1)OC(=O)C(=C)F. The summed E-state index contributed by atoms with van der Waals surface area (Å²) in [5.74, 6) is -3.91. The first-order chi connectivity index (χ1) is 19.2. The predicted octanol–water partition coefficient (Wildman–Crippen LogP) is 6.74. The Bertz CT molecular complexity index is 1400. The van der Waals surface area contributed by atoms with Gasteiger partial charge in [-0.05, 0) is 52.6 Å². The molecule has 0 heterocycles. The number of carbonyl (C=O) groups excluding carboxylic acids is 3. The van der Waals surface area contributed by atoms with E-state index in [2.05, 4.69) is 57.4 Å². The van der Waals surface area contributed by atoms with Gasteiger partial charge in [-0.2, -0.15) is 4.39 Å². The van der Waals surface area contributed by atoms with Gasteiger partial charge in [0.1, 0.15) is 17.3 Å². The van der Waals surface area contributed by atoms with Crippen molar-refractivity contribution in [1.29, 1.82) is 0 Å². The van der Waals surface area contributed by atoms with Gasteiger partial charge in [-0.1, -0.05) is 83.0 Å². The van der Waals surface area contributed by atoms with Gasteiger partial charge in [0.25, 0.3) is 0 Å². The third kappa shape index (κ3) is 12.4. The molecule has 0 N–H and O–H groups in total. The van der Waals surface area contributed by atoms with Crippen LogP contribution in [0.15, 0.2) is 153 Å². The Morgan fingerprint density at radius 3 is 1.68 bits per heavy atom. The molecule has 8 heteroatoms. The molecule has 0 saturated carbocycles. The standard InChI is InChI=1S/C33H31FO7/c1-21(10-12-23(3)29-16-18-30(19-17-29)41-32(36)25(5)20-38-9)22(2)11-13-24(4)31(35)39-26(6)14-15-27(7)40-33(37)28(8)34/h10-19H,1-8,20H2,9H3/b12-10-,13-11-,15-14-. The van der Waals surface area contributed by atoms with Crippen molar-refractivity contribution in [3.05, 3.63) is 159 Å². The second kappa shape index (κ2) is 16.6. The summed E-state index contributed by atoms with van der Waals surface area (Å²) in [6.07, 6.45) is 8.71. The number of methoxy groups -OCH3 is 1. The molecule has 0 fully saturated rings. The Kier molecular flexibility index (Phi) is 13.6. The molecule has 0 saturated heterocycles. The van der Waals surface area contributed by atoms with Gasteiger partial charge < -0.3 is 18.9 Å². The predicted molar refractivity (Wildman–Crippen MR) is 158 cm³/mol. The van der Waals surface area contributed by atoms with Gasteiger partial charge in [0, 0.05) is 7.11 Å². The number of benzene rings is 1. The first-order valence-corrected chi connectivity index (χ1v) is 11.7. The zero-order valence-electron chi connectivity index (χ0n) is 22.9. The maximum absolute atomic E-state index is 12.6. The van der Waals surface area contributed by atoms with Crippen LogP contribution in [0.4, 0.5) is 4.39 Å². The topological polar surface area (TPSA) is 88.1 Å². The first-order valence-electron chi connectivity index (χ1n) is 11.7. The van der Waals surface area contributed by atoms with Gasteiger partial charge in [-0.25, -0.2) is 14.4 Å². The lowest BCUT2D eigenvalue weighted by Gasteiger charge is -2.07. The summed E-state index contributed by atoms with van der Waals surface area (Å²) in [6, 6.07) is 6.75. The number of ether oxygens (including phenoxy) is 4.